The van der Waals surface area contributed by atoms with E-state index in [1.165, 1.54) is 12.1 Å². The van der Waals surface area contributed by atoms with Gasteiger partial charge in [0.1, 0.15) is 21.9 Å². The van der Waals surface area contributed by atoms with E-state index in [-0.39, 0.29) is 62.9 Å². The van der Waals surface area contributed by atoms with Crippen molar-refractivity contribution in [2.24, 2.45) is 5.73 Å². The number of aliphatic hydroxyl groups excluding tert-OH is 1. The Kier molecular flexibility index (Phi) is 10.5. The van der Waals surface area contributed by atoms with Gasteiger partial charge < -0.3 is 25.4 Å². The van der Waals surface area contributed by atoms with Crippen molar-refractivity contribution in [3.05, 3.63) is 80.3 Å². The number of hydrogen-bond acceptors (Lipinski definition) is 7. The van der Waals surface area contributed by atoms with E-state index in [0.717, 1.165) is 27.4 Å². The Balaban J connectivity index is 1.71. The van der Waals surface area contributed by atoms with Crippen LogP contribution in [-0.4, -0.2) is 69.0 Å². The summed E-state index contributed by atoms with van der Waals surface area (Å²) < 4.78 is 89.6. The number of amides is 3. The molecule has 3 aromatic rings. The Bertz CT molecular complexity index is 1770. The van der Waals surface area contributed by atoms with E-state index in [9.17, 15) is 41.0 Å². The van der Waals surface area contributed by atoms with E-state index >= 15 is 4.79 Å². The topological polar surface area (TPSA) is 126 Å². The molecule has 17 heteroatoms. The summed E-state index contributed by atoms with van der Waals surface area (Å²) in [7, 11) is 0. The Labute approximate surface area is 292 Å². The molecule has 5 rings (SSSR count). The quantitative estimate of drug-likeness (QED) is 0.251. The fourth-order valence-electron chi connectivity index (χ4n) is 7.14. The Morgan fingerprint density at radius 2 is 1.86 bits per heavy atom. The van der Waals surface area contributed by atoms with Gasteiger partial charge in [0.2, 0.25) is 11.5 Å². The number of piperidine rings is 1. The number of aliphatic hydroxyl groups is 1. The minimum Gasteiger partial charge on any atom is -0.474 e. The highest BCUT2D eigenvalue weighted by atomic mass is 35.5. The number of nitrogens with two attached hydrogens (primary N) is 1. The number of hydrogen-bond donors (Lipinski definition) is 2. The van der Waals surface area contributed by atoms with E-state index in [0.29, 0.717) is 34.1 Å². The van der Waals surface area contributed by atoms with Gasteiger partial charge in [-0.3, -0.25) is 19.4 Å². The number of carbonyl (C=O) groups excluding carboxylic acids is 3. The zero-order valence-electron chi connectivity index (χ0n) is 26.6. The van der Waals surface area contributed by atoms with Crippen LogP contribution in [0.3, 0.4) is 0 Å². The molecule has 0 spiro atoms. The number of alkyl halides is 6. The highest BCUT2D eigenvalue weighted by molar-refractivity contribution is 7.10. The van der Waals surface area contributed by atoms with Crippen molar-refractivity contribution in [3.8, 4) is 5.75 Å². The van der Waals surface area contributed by atoms with E-state index in [1.807, 2.05) is 0 Å². The first kappa shape index (κ1) is 37.4. The van der Waals surface area contributed by atoms with Gasteiger partial charge in [0, 0.05) is 55.2 Å². The molecule has 1 saturated heterocycles. The molecule has 1 fully saturated rings. The van der Waals surface area contributed by atoms with Gasteiger partial charge in [0.25, 0.3) is 11.8 Å². The average Bonchev–Trinajstić information content (AvgIpc) is 3.53. The molecule has 0 saturated carbocycles. The number of nitrogens with zero attached hydrogens (tertiary/aromatic N) is 3. The van der Waals surface area contributed by atoms with Crippen LogP contribution in [0, 0.1) is 0 Å². The number of halogens is 7. The largest absolute Gasteiger partial charge is 0.474 e. The average molecular weight is 747 g/mol. The molecule has 4 heterocycles. The highest BCUT2D eigenvalue weighted by Crippen LogP contribution is 2.46. The van der Waals surface area contributed by atoms with E-state index in [4.69, 9.17) is 22.1 Å². The second-order valence-electron chi connectivity index (χ2n) is 12.1. The van der Waals surface area contributed by atoms with E-state index in [2.05, 4.69) is 4.98 Å². The van der Waals surface area contributed by atoms with Crippen molar-refractivity contribution < 1.29 is 50.6 Å². The smallest absolute Gasteiger partial charge is 0.425 e. The third-order valence-electron chi connectivity index (χ3n) is 9.22. The van der Waals surface area contributed by atoms with Crippen LogP contribution in [0.1, 0.15) is 71.1 Å². The lowest BCUT2D eigenvalue weighted by molar-refractivity contribution is -0.171. The normalized spacial score (nSPS) is 22.6. The van der Waals surface area contributed by atoms with Crippen molar-refractivity contribution >= 4 is 40.7 Å². The third-order valence-corrected chi connectivity index (χ3v) is 10.4. The van der Waals surface area contributed by atoms with Gasteiger partial charge in [-0.25, -0.2) is 0 Å². The summed E-state index contributed by atoms with van der Waals surface area (Å²) in [5.74, 6) is -3.48. The van der Waals surface area contributed by atoms with Crippen molar-refractivity contribution in [1.82, 2.24) is 14.8 Å². The summed E-state index contributed by atoms with van der Waals surface area (Å²) >= 11 is 6.53. The van der Waals surface area contributed by atoms with Crippen molar-refractivity contribution in [1.29, 1.82) is 0 Å². The number of likely N-dealkylation sites (tertiary alicyclic amines) is 1. The van der Waals surface area contributed by atoms with Gasteiger partial charge in [0.05, 0.1) is 11.6 Å². The standard InChI is InChI=1S/C33H33ClF6N4O5S/c1-2-5-24-31(49-21-17-25(50-18-21)33(38,39)40,10-4-13-43(24)27(46)26-23(32(35,36)37)6-3-12-42-26)29(48)44-14-9-19-16-20(34)7-8-22(19)30(44,11-15-45)28(41)47/h3,6-8,12,16-18,24,45H,2,4-5,9-11,13-15H2,1H3,(H2,41,47)/t24?,30?,31-/m0/s1. The Morgan fingerprint density at radius 1 is 1.12 bits per heavy atom. The maximum Gasteiger partial charge on any atom is 0.425 e. The predicted molar refractivity (Wildman–Crippen MR) is 170 cm³/mol. The van der Waals surface area contributed by atoms with Gasteiger partial charge in [-0.1, -0.05) is 31.0 Å². The predicted octanol–water partition coefficient (Wildman–Crippen LogP) is 6.20. The number of fused-ring (bicyclic) bond motifs is 1. The lowest BCUT2D eigenvalue weighted by Gasteiger charge is -2.53. The molecule has 2 aliphatic rings. The lowest BCUT2D eigenvalue weighted by atomic mass is 9.74. The van der Waals surface area contributed by atoms with Gasteiger partial charge in [-0.05, 0) is 54.7 Å². The first-order chi connectivity index (χ1) is 23.5. The van der Waals surface area contributed by atoms with Crippen molar-refractivity contribution in [2.45, 2.75) is 75.0 Å². The number of benzene rings is 1. The minimum absolute atomic E-state index is 0.0221. The number of thiophene rings is 1. The zero-order chi connectivity index (χ0) is 36.6. The molecule has 0 bridgehead atoms. The Morgan fingerprint density at radius 3 is 2.48 bits per heavy atom. The number of carbonyl (C=O) groups is 3. The molecular weight excluding hydrogens is 714 g/mol. The van der Waals surface area contributed by atoms with E-state index in [1.54, 1.807) is 13.0 Å². The molecule has 2 unspecified atom stereocenters. The molecule has 270 valence electrons. The SMILES string of the molecule is CCCC1N(C(=O)c2ncccc2C(F)(F)F)CCC[C@@]1(Oc1csc(C(F)(F)F)c1)C(=O)N1CCc2cc(Cl)ccc2C1(CCO)C(N)=O. The fourth-order valence-corrected chi connectivity index (χ4v) is 8.01. The first-order valence-corrected chi connectivity index (χ1v) is 17.0. The van der Waals surface area contributed by atoms with Crippen LogP contribution in [0.5, 0.6) is 5.75 Å². The van der Waals surface area contributed by atoms with Crippen LogP contribution in [0.4, 0.5) is 26.3 Å². The number of rotatable bonds is 9. The first-order valence-electron chi connectivity index (χ1n) is 15.7. The molecule has 0 aliphatic carbocycles. The van der Waals surface area contributed by atoms with Crippen LogP contribution < -0.4 is 10.5 Å². The van der Waals surface area contributed by atoms with Crippen molar-refractivity contribution in [3.63, 3.8) is 0 Å². The minimum atomic E-state index is -4.96. The summed E-state index contributed by atoms with van der Waals surface area (Å²) in [6.07, 6.45) is -8.91. The maximum atomic E-state index is 15.3. The summed E-state index contributed by atoms with van der Waals surface area (Å²) in [5, 5.41) is 11.6. The van der Waals surface area contributed by atoms with Crippen LogP contribution >= 0.6 is 22.9 Å². The van der Waals surface area contributed by atoms with Crippen LogP contribution in [0.25, 0.3) is 0 Å². The highest BCUT2D eigenvalue weighted by Gasteiger charge is 2.60. The van der Waals surface area contributed by atoms with Gasteiger partial charge in [0.15, 0.2) is 0 Å². The molecule has 1 aromatic carbocycles. The molecule has 0 radical (unpaired) electrons. The number of primary amides is 1. The second kappa shape index (κ2) is 14.0. The Hall–Kier alpha value is -3.89. The summed E-state index contributed by atoms with van der Waals surface area (Å²) in [6, 6.07) is 5.65. The van der Waals surface area contributed by atoms with Crippen molar-refractivity contribution in [2.75, 3.05) is 19.7 Å². The molecule has 3 N–H and O–H groups in total. The number of pyridine rings is 1. The monoisotopic (exact) mass is 746 g/mol. The molecule has 9 nitrogen and oxygen atoms in total. The summed E-state index contributed by atoms with van der Waals surface area (Å²) in [4.78, 5) is 47.8. The maximum absolute atomic E-state index is 15.3. The number of aromatic nitrogens is 1. The van der Waals surface area contributed by atoms with Crippen LogP contribution in [0.15, 0.2) is 48.0 Å². The molecule has 2 aromatic heterocycles. The zero-order valence-corrected chi connectivity index (χ0v) is 28.2. The van der Waals surface area contributed by atoms with Gasteiger partial charge in [-0.2, -0.15) is 26.3 Å². The van der Waals surface area contributed by atoms with Crippen LogP contribution in [0.2, 0.25) is 5.02 Å². The number of ether oxygens (including phenoxy) is 1. The summed E-state index contributed by atoms with van der Waals surface area (Å²) in [5.41, 5.74) is 0.428. The summed E-state index contributed by atoms with van der Waals surface area (Å²) in [6.45, 7) is 0.765. The molecule has 3 amide bonds. The third kappa shape index (κ3) is 6.64. The molecular formula is C33H33ClF6N4O5S. The van der Waals surface area contributed by atoms with Crippen LogP contribution in [-0.2, 0) is 33.9 Å². The molecule has 3 atom stereocenters. The fraction of sp³-hybridized carbons (Fsp3) is 0.455. The molecule has 50 heavy (non-hydrogen) atoms. The van der Waals surface area contributed by atoms with Gasteiger partial charge in [-0.15, -0.1) is 11.3 Å². The molecule has 2 aliphatic heterocycles. The van der Waals surface area contributed by atoms with Gasteiger partial charge >= 0.3 is 12.4 Å². The lowest BCUT2D eigenvalue weighted by Crippen LogP contribution is -2.72. The van der Waals surface area contributed by atoms with E-state index < -0.39 is 70.0 Å². The second-order valence-corrected chi connectivity index (χ2v) is 13.5.